The summed E-state index contributed by atoms with van der Waals surface area (Å²) in [5.74, 6) is -4.49. The molecule has 116 valence electrons. The molecule has 0 aliphatic carbocycles. The molecule has 2 amide bonds. The van der Waals surface area contributed by atoms with Crippen LogP contribution >= 0.6 is 0 Å². The molecular weight excluding hydrogens is 300 g/mol. The minimum absolute atomic E-state index is 0.0509. The second kappa shape index (κ2) is 8.82. The van der Waals surface area contributed by atoms with Crippen molar-refractivity contribution in [2.45, 2.75) is 24.5 Å². The summed E-state index contributed by atoms with van der Waals surface area (Å²) in [5.41, 5.74) is 9.39. The fourth-order valence-corrected chi connectivity index (χ4v) is 1.33. The Hall–Kier alpha value is -2.21. The maximum Gasteiger partial charge on any atom is 0.325 e. The molecule has 0 saturated carbocycles. The molecule has 12 heteroatoms. The van der Waals surface area contributed by atoms with Gasteiger partial charge in [0.25, 0.3) is 10.1 Å². The Morgan fingerprint density at radius 3 is 1.40 bits per heavy atom. The van der Waals surface area contributed by atoms with Crippen LogP contribution in [0.4, 0.5) is 0 Å². The molecule has 0 heterocycles. The second-order valence-corrected chi connectivity index (χ2v) is 4.97. The summed E-state index contributed by atoms with van der Waals surface area (Å²) < 4.78 is 28.7. The molecule has 20 heavy (non-hydrogen) atoms. The van der Waals surface area contributed by atoms with E-state index in [1.54, 1.807) is 0 Å². The quantitative estimate of drug-likeness (QED) is 0.314. The second-order valence-electron chi connectivity index (χ2n) is 3.37. The van der Waals surface area contributed by atoms with Crippen LogP contribution in [0, 0.1) is 0 Å². The number of amides is 2. The van der Waals surface area contributed by atoms with Gasteiger partial charge in [-0.25, -0.2) is 0 Å². The molecule has 0 spiro atoms. The van der Waals surface area contributed by atoms with Gasteiger partial charge >= 0.3 is 11.9 Å². The van der Waals surface area contributed by atoms with Crippen molar-refractivity contribution in [2.24, 2.45) is 11.5 Å². The Bertz CT molecular complexity index is 470. The first-order chi connectivity index (χ1) is 8.87. The van der Waals surface area contributed by atoms with Crippen molar-refractivity contribution in [3.05, 3.63) is 0 Å². The number of carbonyl (C=O) groups is 4. The van der Waals surface area contributed by atoms with Gasteiger partial charge in [0, 0.05) is 12.8 Å². The first-order valence-corrected chi connectivity index (χ1v) is 6.35. The molecule has 0 bridgehead atoms. The third-order valence-electron chi connectivity index (χ3n) is 1.61. The molecule has 0 fully saturated rings. The molecular formula is C8H14N2O9S. The Labute approximate surface area is 113 Å². The summed E-state index contributed by atoms with van der Waals surface area (Å²) in [7, 11) is -4.84. The minimum atomic E-state index is -4.84. The lowest BCUT2D eigenvalue weighted by atomic mass is 10.3. The van der Waals surface area contributed by atoms with Crippen LogP contribution in [-0.2, 0) is 29.3 Å². The highest BCUT2D eigenvalue weighted by molar-refractivity contribution is 7.87. The zero-order valence-corrected chi connectivity index (χ0v) is 10.9. The number of carbonyl (C=O) groups excluding carboxylic acids is 2. The molecule has 0 rings (SSSR count). The van der Waals surface area contributed by atoms with Gasteiger partial charge in [0.05, 0.1) is 6.42 Å². The van der Waals surface area contributed by atoms with E-state index >= 15 is 0 Å². The average molecular weight is 314 g/mol. The highest BCUT2D eigenvalue weighted by atomic mass is 32.2. The minimum Gasteiger partial charge on any atom is -0.481 e. The SMILES string of the molecule is NC(=O)CCC(N)=O.O=C(O)CC(C(=O)O)S(=O)(=O)O. The van der Waals surface area contributed by atoms with Gasteiger partial charge in [-0.05, 0) is 0 Å². The molecule has 0 radical (unpaired) electrons. The van der Waals surface area contributed by atoms with Gasteiger partial charge in [-0.1, -0.05) is 0 Å². The van der Waals surface area contributed by atoms with Crippen molar-refractivity contribution in [2.75, 3.05) is 0 Å². The van der Waals surface area contributed by atoms with Crippen molar-refractivity contribution < 1.29 is 42.4 Å². The number of hydrogen-bond donors (Lipinski definition) is 5. The van der Waals surface area contributed by atoms with Gasteiger partial charge < -0.3 is 21.7 Å². The zero-order valence-electron chi connectivity index (χ0n) is 10.1. The summed E-state index contributed by atoms with van der Waals surface area (Å²) in [6, 6.07) is 0. The van der Waals surface area contributed by atoms with Gasteiger partial charge in [-0.3, -0.25) is 23.7 Å². The average Bonchev–Trinajstić information content (AvgIpc) is 2.22. The van der Waals surface area contributed by atoms with Crippen LogP contribution in [0.2, 0.25) is 0 Å². The van der Waals surface area contributed by atoms with Crippen LogP contribution in [0.3, 0.4) is 0 Å². The van der Waals surface area contributed by atoms with E-state index in [-0.39, 0.29) is 12.8 Å². The highest BCUT2D eigenvalue weighted by Crippen LogP contribution is 2.04. The van der Waals surface area contributed by atoms with Crippen LogP contribution in [0.25, 0.3) is 0 Å². The van der Waals surface area contributed by atoms with Crippen LogP contribution in [-0.4, -0.2) is 52.2 Å². The molecule has 0 aliphatic rings. The topological polar surface area (TPSA) is 215 Å². The third kappa shape index (κ3) is 12.3. The lowest BCUT2D eigenvalue weighted by Gasteiger charge is -2.04. The van der Waals surface area contributed by atoms with Gasteiger partial charge in [0.15, 0.2) is 5.25 Å². The number of carboxylic acid groups (broad SMARTS) is 2. The van der Waals surface area contributed by atoms with Gasteiger partial charge in [0.2, 0.25) is 11.8 Å². The Balaban J connectivity index is 0. The highest BCUT2D eigenvalue weighted by Gasteiger charge is 2.33. The first kappa shape index (κ1) is 20.1. The fraction of sp³-hybridized carbons (Fsp3) is 0.500. The van der Waals surface area contributed by atoms with Crippen molar-refractivity contribution in [1.82, 2.24) is 0 Å². The predicted molar refractivity (Wildman–Crippen MR) is 62.8 cm³/mol. The van der Waals surface area contributed by atoms with E-state index in [9.17, 15) is 27.6 Å². The molecule has 0 aromatic rings. The number of aliphatic carboxylic acids is 2. The van der Waals surface area contributed by atoms with Crippen molar-refractivity contribution in [1.29, 1.82) is 0 Å². The maximum absolute atomic E-state index is 10.2. The van der Waals surface area contributed by atoms with E-state index in [0.717, 1.165) is 0 Å². The largest absolute Gasteiger partial charge is 0.481 e. The van der Waals surface area contributed by atoms with E-state index < -0.39 is 45.5 Å². The van der Waals surface area contributed by atoms with Crippen LogP contribution < -0.4 is 11.5 Å². The Morgan fingerprint density at radius 1 is 0.950 bits per heavy atom. The van der Waals surface area contributed by atoms with Crippen LogP contribution in [0.5, 0.6) is 0 Å². The number of nitrogens with two attached hydrogens (primary N) is 2. The Kier molecular flexibility index (Phi) is 8.87. The van der Waals surface area contributed by atoms with Crippen molar-refractivity contribution in [3.63, 3.8) is 0 Å². The van der Waals surface area contributed by atoms with Crippen molar-refractivity contribution >= 4 is 33.9 Å². The molecule has 1 unspecified atom stereocenters. The monoisotopic (exact) mass is 314 g/mol. The standard InChI is InChI=1S/C4H8N2O2.C4H6O7S/c5-3(7)1-2-4(6)8;5-3(6)1-2(4(7)8)12(9,10)11/h1-2H2,(H2,5,7)(H2,6,8);2H,1H2,(H,5,6)(H,7,8)(H,9,10,11). The van der Waals surface area contributed by atoms with E-state index in [4.69, 9.17) is 26.2 Å². The van der Waals surface area contributed by atoms with Crippen LogP contribution in [0.15, 0.2) is 0 Å². The van der Waals surface area contributed by atoms with Gasteiger partial charge in [0.1, 0.15) is 0 Å². The van der Waals surface area contributed by atoms with E-state index in [0.29, 0.717) is 0 Å². The Morgan fingerprint density at radius 2 is 1.30 bits per heavy atom. The molecule has 0 aliphatic heterocycles. The molecule has 0 saturated heterocycles. The summed E-state index contributed by atoms with van der Waals surface area (Å²) in [5, 5.41) is 13.9. The third-order valence-corrected chi connectivity index (χ3v) is 2.70. The number of rotatable bonds is 7. The maximum atomic E-state index is 10.2. The number of hydrogen-bond acceptors (Lipinski definition) is 6. The number of primary amides is 2. The number of carboxylic acids is 2. The lowest BCUT2D eigenvalue weighted by molar-refractivity contribution is -0.143. The zero-order chi connectivity index (χ0) is 16.5. The first-order valence-electron chi connectivity index (χ1n) is 4.85. The molecule has 7 N–H and O–H groups in total. The predicted octanol–water partition coefficient (Wildman–Crippen LogP) is -2.46. The summed E-state index contributed by atoms with van der Waals surface area (Å²) in [6.45, 7) is 0. The fourth-order valence-electron chi connectivity index (χ4n) is 0.725. The molecule has 11 nitrogen and oxygen atoms in total. The summed E-state index contributed by atoms with van der Waals surface area (Å²) in [4.78, 5) is 39.8. The van der Waals surface area contributed by atoms with Crippen molar-refractivity contribution in [3.8, 4) is 0 Å². The molecule has 0 aromatic heterocycles. The summed E-state index contributed by atoms with van der Waals surface area (Å²) in [6.07, 6.45) is -1.06. The van der Waals surface area contributed by atoms with E-state index in [1.165, 1.54) is 0 Å². The van der Waals surface area contributed by atoms with E-state index in [1.807, 2.05) is 0 Å². The summed E-state index contributed by atoms with van der Waals surface area (Å²) >= 11 is 0. The van der Waals surface area contributed by atoms with Gasteiger partial charge in [-0.2, -0.15) is 8.42 Å². The lowest BCUT2D eigenvalue weighted by Crippen LogP contribution is -2.31. The van der Waals surface area contributed by atoms with Crippen LogP contribution in [0.1, 0.15) is 19.3 Å². The normalized spacial score (nSPS) is 11.7. The van der Waals surface area contributed by atoms with Gasteiger partial charge in [-0.15, -0.1) is 0 Å². The molecule has 0 aromatic carbocycles. The smallest absolute Gasteiger partial charge is 0.325 e. The van der Waals surface area contributed by atoms with E-state index in [2.05, 4.69) is 0 Å². The molecule has 1 atom stereocenters.